The molecule has 7 heteroatoms. The Labute approximate surface area is 155 Å². The number of amides is 1. The molecular formula is C18H18N2O3S2. The fraction of sp³-hybridized carbons (Fsp3) is 0.278. The summed E-state index contributed by atoms with van der Waals surface area (Å²) >= 11 is 6.44. The summed E-state index contributed by atoms with van der Waals surface area (Å²) in [4.78, 5) is 26.0. The van der Waals surface area contributed by atoms with E-state index in [1.807, 2.05) is 42.1 Å². The molecule has 2 aromatic rings. The molecule has 3 rings (SSSR count). The van der Waals surface area contributed by atoms with E-state index >= 15 is 0 Å². The van der Waals surface area contributed by atoms with Gasteiger partial charge in [-0.3, -0.25) is 9.69 Å². The first-order valence-electron chi connectivity index (χ1n) is 7.85. The van der Waals surface area contributed by atoms with Crippen molar-refractivity contribution in [2.75, 3.05) is 0 Å². The molecule has 1 atom stereocenters. The normalized spacial score (nSPS) is 17.9. The average molecular weight is 374 g/mol. The van der Waals surface area contributed by atoms with Crippen molar-refractivity contribution in [2.45, 2.75) is 19.9 Å². The highest BCUT2D eigenvalue weighted by molar-refractivity contribution is 8.26. The summed E-state index contributed by atoms with van der Waals surface area (Å²) in [7, 11) is 1.95. The Morgan fingerprint density at radius 2 is 2.00 bits per heavy atom. The first kappa shape index (κ1) is 17.7. The zero-order chi connectivity index (χ0) is 18.3. The molecule has 0 saturated carbocycles. The van der Waals surface area contributed by atoms with Gasteiger partial charge in [-0.1, -0.05) is 56.0 Å². The number of rotatable bonds is 4. The molecule has 25 heavy (non-hydrogen) atoms. The molecule has 1 unspecified atom stereocenters. The van der Waals surface area contributed by atoms with Gasteiger partial charge in [-0.15, -0.1) is 0 Å². The van der Waals surface area contributed by atoms with E-state index in [1.54, 1.807) is 19.9 Å². The Morgan fingerprint density at radius 3 is 2.64 bits per heavy atom. The van der Waals surface area contributed by atoms with Crippen LogP contribution in [0.4, 0.5) is 0 Å². The maximum Gasteiger partial charge on any atom is 0.327 e. The Hall–Kier alpha value is -2.12. The second-order valence-corrected chi connectivity index (χ2v) is 7.97. The summed E-state index contributed by atoms with van der Waals surface area (Å²) in [6.45, 7) is 3.54. The summed E-state index contributed by atoms with van der Waals surface area (Å²) in [5, 5.41) is 10.5. The number of carboxylic acid groups (broad SMARTS) is 1. The number of nitrogens with zero attached hydrogens (tertiary/aromatic N) is 2. The Kier molecular flexibility index (Phi) is 4.71. The first-order chi connectivity index (χ1) is 11.8. The number of carbonyl (C=O) groups is 2. The molecule has 1 aliphatic rings. The van der Waals surface area contributed by atoms with Crippen LogP contribution in [0.2, 0.25) is 0 Å². The van der Waals surface area contributed by atoms with Crippen LogP contribution < -0.4 is 0 Å². The van der Waals surface area contributed by atoms with E-state index in [9.17, 15) is 14.7 Å². The fourth-order valence-electron chi connectivity index (χ4n) is 3.04. The number of carbonyl (C=O) groups excluding carboxylic acids is 1. The van der Waals surface area contributed by atoms with E-state index in [-0.39, 0.29) is 16.1 Å². The smallest absolute Gasteiger partial charge is 0.327 e. The molecular weight excluding hydrogens is 356 g/mol. The first-order valence-corrected chi connectivity index (χ1v) is 9.07. The van der Waals surface area contributed by atoms with Crippen molar-refractivity contribution in [3.8, 4) is 0 Å². The summed E-state index contributed by atoms with van der Waals surface area (Å²) in [5.41, 5.74) is 1.98. The summed E-state index contributed by atoms with van der Waals surface area (Å²) in [6, 6.07) is 6.97. The third kappa shape index (κ3) is 3.09. The number of thioether (sulfide) groups is 1. The minimum absolute atomic E-state index is 0.239. The van der Waals surface area contributed by atoms with Crippen LogP contribution in [0.15, 0.2) is 35.4 Å². The molecule has 1 fully saturated rings. The maximum absolute atomic E-state index is 12.8. The number of aliphatic carboxylic acids is 1. The summed E-state index contributed by atoms with van der Waals surface area (Å²) in [6.07, 6.45) is 3.75. The van der Waals surface area contributed by atoms with Gasteiger partial charge in [0.1, 0.15) is 10.4 Å². The molecule has 0 bridgehead atoms. The van der Waals surface area contributed by atoms with Crippen molar-refractivity contribution < 1.29 is 14.7 Å². The van der Waals surface area contributed by atoms with Crippen LogP contribution in [0.3, 0.4) is 0 Å². The lowest BCUT2D eigenvalue weighted by Crippen LogP contribution is -2.47. The van der Waals surface area contributed by atoms with Crippen molar-refractivity contribution in [3.63, 3.8) is 0 Å². The number of hydrogen-bond acceptors (Lipinski definition) is 4. The van der Waals surface area contributed by atoms with Crippen LogP contribution in [0.25, 0.3) is 17.0 Å². The molecule has 130 valence electrons. The molecule has 0 radical (unpaired) electrons. The van der Waals surface area contributed by atoms with Gasteiger partial charge in [0.05, 0.1) is 4.91 Å². The van der Waals surface area contributed by atoms with E-state index in [2.05, 4.69) is 0 Å². The van der Waals surface area contributed by atoms with Gasteiger partial charge in [0.15, 0.2) is 0 Å². The maximum atomic E-state index is 12.8. The van der Waals surface area contributed by atoms with Gasteiger partial charge in [-0.25, -0.2) is 4.79 Å². The minimum Gasteiger partial charge on any atom is -0.480 e. The van der Waals surface area contributed by atoms with Crippen molar-refractivity contribution in [2.24, 2.45) is 13.0 Å². The fourth-order valence-corrected chi connectivity index (χ4v) is 4.36. The van der Waals surface area contributed by atoms with Crippen LogP contribution in [-0.2, 0) is 16.6 Å². The molecule has 0 spiro atoms. The SMILES string of the molecule is CC(C)C(C(=O)O)N1C(=O)C(=Cc2cn(C)c3ccccc23)SC1=S. The van der Waals surface area contributed by atoms with Crippen LogP contribution in [0.1, 0.15) is 19.4 Å². The number of para-hydroxylation sites is 1. The predicted molar refractivity (Wildman–Crippen MR) is 104 cm³/mol. The largest absolute Gasteiger partial charge is 0.480 e. The monoisotopic (exact) mass is 374 g/mol. The molecule has 1 aromatic carbocycles. The third-order valence-electron chi connectivity index (χ3n) is 4.20. The zero-order valence-electron chi connectivity index (χ0n) is 14.1. The average Bonchev–Trinajstić information content (AvgIpc) is 3.00. The lowest BCUT2D eigenvalue weighted by molar-refractivity contribution is -0.146. The second-order valence-electron chi connectivity index (χ2n) is 6.29. The van der Waals surface area contributed by atoms with E-state index < -0.39 is 12.0 Å². The molecule has 1 saturated heterocycles. The van der Waals surface area contributed by atoms with Crippen molar-refractivity contribution in [3.05, 3.63) is 40.9 Å². The Bertz CT molecular complexity index is 914. The molecule has 5 nitrogen and oxygen atoms in total. The molecule has 1 aliphatic heterocycles. The lowest BCUT2D eigenvalue weighted by Gasteiger charge is -2.26. The van der Waals surface area contributed by atoms with Crippen LogP contribution in [-0.4, -0.2) is 36.8 Å². The zero-order valence-corrected chi connectivity index (χ0v) is 15.7. The quantitative estimate of drug-likeness (QED) is 0.656. The summed E-state index contributed by atoms with van der Waals surface area (Å²) < 4.78 is 2.29. The lowest BCUT2D eigenvalue weighted by atomic mass is 10.0. The van der Waals surface area contributed by atoms with E-state index in [0.29, 0.717) is 4.91 Å². The molecule has 0 aliphatic carbocycles. The second kappa shape index (κ2) is 6.65. The molecule has 1 aromatic heterocycles. The van der Waals surface area contributed by atoms with Gasteiger partial charge in [-0.05, 0) is 18.1 Å². The van der Waals surface area contributed by atoms with Gasteiger partial charge < -0.3 is 9.67 Å². The van der Waals surface area contributed by atoms with Gasteiger partial charge in [-0.2, -0.15) is 0 Å². The van der Waals surface area contributed by atoms with E-state index in [0.717, 1.165) is 28.2 Å². The van der Waals surface area contributed by atoms with Gasteiger partial charge in [0.25, 0.3) is 5.91 Å². The van der Waals surface area contributed by atoms with Crippen molar-refractivity contribution in [1.29, 1.82) is 0 Å². The predicted octanol–water partition coefficient (Wildman–Crippen LogP) is 3.49. The van der Waals surface area contributed by atoms with E-state index in [1.165, 1.54) is 4.90 Å². The third-order valence-corrected chi connectivity index (χ3v) is 5.53. The number of aryl methyl sites for hydroxylation is 1. The molecule has 2 heterocycles. The summed E-state index contributed by atoms with van der Waals surface area (Å²) in [5.74, 6) is -1.63. The highest BCUT2D eigenvalue weighted by Crippen LogP contribution is 2.36. The van der Waals surface area contributed by atoms with Crippen LogP contribution >= 0.6 is 24.0 Å². The number of thiocarbonyl (C=S) groups is 1. The number of hydrogen-bond donors (Lipinski definition) is 1. The van der Waals surface area contributed by atoms with Gasteiger partial charge in [0.2, 0.25) is 0 Å². The molecule has 1 amide bonds. The molecule has 1 N–H and O–H groups in total. The highest BCUT2D eigenvalue weighted by Gasteiger charge is 2.41. The minimum atomic E-state index is -1.04. The Balaban J connectivity index is 2.01. The highest BCUT2D eigenvalue weighted by atomic mass is 32.2. The van der Waals surface area contributed by atoms with Crippen molar-refractivity contribution >= 4 is 57.2 Å². The number of benzene rings is 1. The van der Waals surface area contributed by atoms with Crippen LogP contribution in [0.5, 0.6) is 0 Å². The topological polar surface area (TPSA) is 62.5 Å². The van der Waals surface area contributed by atoms with E-state index in [4.69, 9.17) is 12.2 Å². The Morgan fingerprint density at radius 1 is 1.32 bits per heavy atom. The van der Waals surface area contributed by atoms with Crippen molar-refractivity contribution in [1.82, 2.24) is 9.47 Å². The standard InChI is InChI=1S/C18H18N2O3S2/c1-10(2)15(17(22)23)20-16(21)14(25-18(20)24)8-11-9-19(3)13-7-5-4-6-12(11)13/h4-10,15H,1-3H3,(H,22,23). The number of carboxylic acids is 1. The van der Waals surface area contributed by atoms with Crippen LogP contribution in [0, 0.1) is 5.92 Å². The van der Waals surface area contributed by atoms with Gasteiger partial charge in [0, 0.05) is 29.7 Å². The van der Waals surface area contributed by atoms with Gasteiger partial charge >= 0.3 is 5.97 Å². The number of aromatic nitrogens is 1. The number of fused-ring (bicyclic) bond motifs is 1.